The van der Waals surface area contributed by atoms with Crippen molar-refractivity contribution in [3.8, 4) is 0 Å². The Bertz CT molecular complexity index is 512. The van der Waals surface area contributed by atoms with Crippen molar-refractivity contribution in [2.45, 2.75) is 24.7 Å². The SMILES string of the molecule is CCCCNS(=O)(=O)c1cccc(C(=O)NC)c1. The van der Waals surface area contributed by atoms with E-state index in [-0.39, 0.29) is 10.8 Å². The minimum Gasteiger partial charge on any atom is -0.355 e. The second kappa shape index (κ2) is 6.51. The molecule has 0 saturated heterocycles. The van der Waals surface area contributed by atoms with Gasteiger partial charge in [-0.1, -0.05) is 19.4 Å². The molecule has 6 heteroatoms. The van der Waals surface area contributed by atoms with E-state index in [1.807, 2.05) is 6.92 Å². The van der Waals surface area contributed by atoms with Crippen molar-refractivity contribution >= 4 is 15.9 Å². The highest BCUT2D eigenvalue weighted by atomic mass is 32.2. The van der Waals surface area contributed by atoms with E-state index in [0.29, 0.717) is 12.1 Å². The van der Waals surface area contributed by atoms with Crippen LogP contribution in [0, 0.1) is 0 Å². The number of carbonyl (C=O) groups excluding carboxylic acids is 1. The van der Waals surface area contributed by atoms with Crippen LogP contribution < -0.4 is 10.0 Å². The first kappa shape index (κ1) is 14.7. The molecule has 100 valence electrons. The summed E-state index contributed by atoms with van der Waals surface area (Å²) < 4.78 is 26.4. The van der Waals surface area contributed by atoms with Gasteiger partial charge in [-0.25, -0.2) is 13.1 Å². The Morgan fingerprint density at radius 1 is 1.33 bits per heavy atom. The third kappa shape index (κ3) is 3.82. The minimum absolute atomic E-state index is 0.111. The lowest BCUT2D eigenvalue weighted by atomic mass is 10.2. The molecule has 0 aliphatic rings. The van der Waals surface area contributed by atoms with Gasteiger partial charge in [0.05, 0.1) is 4.90 Å². The van der Waals surface area contributed by atoms with E-state index in [0.717, 1.165) is 12.8 Å². The lowest BCUT2D eigenvalue weighted by Crippen LogP contribution is -2.25. The number of carbonyl (C=O) groups is 1. The average Bonchev–Trinajstić information content (AvgIpc) is 2.38. The molecule has 0 radical (unpaired) electrons. The normalized spacial score (nSPS) is 11.2. The van der Waals surface area contributed by atoms with E-state index in [1.54, 1.807) is 12.1 Å². The van der Waals surface area contributed by atoms with Crippen LogP contribution in [0.1, 0.15) is 30.1 Å². The van der Waals surface area contributed by atoms with E-state index in [9.17, 15) is 13.2 Å². The van der Waals surface area contributed by atoms with E-state index in [4.69, 9.17) is 0 Å². The van der Waals surface area contributed by atoms with Crippen LogP contribution in [-0.4, -0.2) is 27.9 Å². The molecular formula is C12H18N2O3S. The molecule has 2 N–H and O–H groups in total. The predicted molar refractivity (Wildman–Crippen MR) is 69.9 cm³/mol. The van der Waals surface area contributed by atoms with Gasteiger partial charge in [0.25, 0.3) is 5.91 Å². The third-order valence-electron chi connectivity index (χ3n) is 2.46. The summed E-state index contributed by atoms with van der Waals surface area (Å²) in [6, 6.07) is 5.97. The van der Waals surface area contributed by atoms with Gasteiger partial charge in [-0.15, -0.1) is 0 Å². The molecule has 0 fully saturated rings. The Balaban J connectivity index is 2.92. The third-order valence-corrected chi connectivity index (χ3v) is 3.91. The van der Waals surface area contributed by atoms with Crippen molar-refractivity contribution in [1.29, 1.82) is 0 Å². The van der Waals surface area contributed by atoms with Gasteiger partial charge in [0.15, 0.2) is 0 Å². The molecule has 0 unspecified atom stereocenters. The highest BCUT2D eigenvalue weighted by Gasteiger charge is 2.14. The lowest BCUT2D eigenvalue weighted by molar-refractivity contribution is 0.0963. The number of unbranched alkanes of at least 4 members (excludes halogenated alkanes) is 1. The Morgan fingerprint density at radius 3 is 2.67 bits per heavy atom. The second-order valence-corrected chi connectivity index (χ2v) is 5.63. The van der Waals surface area contributed by atoms with Crippen LogP contribution in [0.2, 0.25) is 0 Å². The largest absolute Gasteiger partial charge is 0.355 e. The molecule has 0 bridgehead atoms. The summed E-state index contributed by atoms with van der Waals surface area (Å²) in [6.45, 7) is 2.39. The highest BCUT2D eigenvalue weighted by Crippen LogP contribution is 2.11. The first-order valence-electron chi connectivity index (χ1n) is 5.83. The Labute approximate surface area is 108 Å². The fraction of sp³-hybridized carbons (Fsp3) is 0.417. The summed E-state index contributed by atoms with van der Waals surface area (Å²) in [4.78, 5) is 11.5. The minimum atomic E-state index is -3.53. The molecule has 1 aromatic carbocycles. The number of amides is 1. The first-order valence-corrected chi connectivity index (χ1v) is 7.31. The maximum Gasteiger partial charge on any atom is 0.251 e. The summed E-state index contributed by atoms with van der Waals surface area (Å²) in [7, 11) is -2.02. The Kier molecular flexibility index (Phi) is 5.30. The van der Waals surface area contributed by atoms with Crippen LogP contribution in [0.25, 0.3) is 0 Å². The lowest BCUT2D eigenvalue weighted by Gasteiger charge is -2.07. The summed E-state index contributed by atoms with van der Waals surface area (Å²) >= 11 is 0. The van der Waals surface area contributed by atoms with Gasteiger partial charge >= 0.3 is 0 Å². The van der Waals surface area contributed by atoms with Gasteiger partial charge in [0.2, 0.25) is 10.0 Å². The van der Waals surface area contributed by atoms with Crippen molar-refractivity contribution in [2.24, 2.45) is 0 Å². The standard InChI is InChI=1S/C12H18N2O3S/c1-3-4-8-14-18(16,17)11-7-5-6-10(9-11)12(15)13-2/h5-7,9,14H,3-4,8H2,1-2H3,(H,13,15). The molecule has 0 heterocycles. The quantitative estimate of drug-likeness (QED) is 0.761. The van der Waals surface area contributed by atoms with Crippen LogP contribution in [0.4, 0.5) is 0 Å². The zero-order valence-corrected chi connectivity index (χ0v) is 11.4. The van der Waals surface area contributed by atoms with Crippen molar-refractivity contribution in [1.82, 2.24) is 10.0 Å². The van der Waals surface area contributed by atoms with E-state index in [2.05, 4.69) is 10.0 Å². The number of sulfonamides is 1. The first-order chi connectivity index (χ1) is 8.51. The Hall–Kier alpha value is -1.40. The van der Waals surface area contributed by atoms with E-state index < -0.39 is 10.0 Å². The Morgan fingerprint density at radius 2 is 2.06 bits per heavy atom. The maximum atomic E-state index is 11.9. The fourth-order valence-corrected chi connectivity index (χ4v) is 2.54. The van der Waals surface area contributed by atoms with Gasteiger partial charge in [0.1, 0.15) is 0 Å². The molecule has 0 saturated carbocycles. The molecule has 1 rings (SSSR count). The summed E-state index contributed by atoms with van der Waals surface area (Å²) in [6.07, 6.45) is 1.70. The summed E-state index contributed by atoms with van der Waals surface area (Å²) in [5.41, 5.74) is 0.330. The van der Waals surface area contributed by atoms with Crippen molar-refractivity contribution in [2.75, 3.05) is 13.6 Å². The van der Waals surface area contributed by atoms with Crippen LogP contribution >= 0.6 is 0 Å². The van der Waals surface area contributed by atoms with E-state index >= 15 is 0 Å². The smallest absolute Gasteiger partial charge is 0.251 e. The monoisotopic (exact) mass is 270 g/mol. The van der Waals surface area contributed by atoms with Crippen molar-refractivity contribution < 1.29 is 13.2 Å². The number of nitrogens with one attached hydrogen (secondary N) is 2. The van der Waals surface area contributed by atoms with Crippen LogP contribution in [0.5, 0.6) is 0 Å². The molecule has 1 amide bonds. The van der Waals surface area contributed by atoms with Gasteiger partial charge in [-0.05, 0) is 24.6 Å². The molecule has 0 aliphatic carbocycles. The van der Waals surface area contributed by atoms with Crippen LogP contribution in [0.15, 0.2) is 29.2 Å². The van der Waals surface area contributed by atoms with Gasteiger partial charge in [0, 0.05) is 19.2 Å². The molecular weight excluding hydrogens is 252 g/mol. The summed E-state index contributed by atoms with van der Waals surface area (Å²) in [5.74, 6) is -0.305. The topological polar surface area (TPSA) is 75.3 Å². The average molecular weight is 270 g/mol. The van der Waals surface area contributed by atoms with Crippen LogP contribution in [0.3, 0.4) is 0 Å². The van der Waals surface area contributed by atoms with E-state index in [1.165, 1.54) is 19.2 Å². The maximum absolute atomic E-state index is 11.9. The summed E-state index contributed by atoms with van der Waals surface area (Å²) in [5, 5.41) is 2.46. The molecule has 5 nitrogen and oxygen atoms in total. The van der Waals surface area contributed by atoms with Gasteiger partial charge in [-0.2, -0.15) is 0 Å². The number of benzene rings is 1. The molecule has 0 spiro atoms. The molecule has 0 atom stereocenters. The fourth-order valence-electron chi connectivity index (χ4n) is 1.42. The number of rotatable bonds is 6. The van der Waals surface area contributed by atoms with Crippen molar-refractivity contribution in [3.05, 3.63) is 29.8 Å². The van der Waals surface area contributed by atoms with Crippen LogP contribution in [-0.2, 0) is 10.0 Å². The molecule has 0 aliphatic heterocycles. The van der Waals surface area contributed by atoms with Gasteiger partial charge in [-0.3, -0.25) is 4.79 Å². The predicted octanol–water partition coefficient (Wildman–Crippen LogP) is 1.12. The molecule has 18 heavy (non-hydrogen) atoms. The van der Waals surface area contributed by atoms with Crippen molar-refractivity contribution in [3.63, 3.8) is 0 Å². The van der Waals surface area contributed by atoms with Gasteiger partial charge < -0.3 is 5.32 Å². The highest BCUT2D eigenvalue weighted by molar-refractivity contribution is 7.89. The molecule has 1 aromatic rings. The number of hydrogen-bond donors (Lipinski definition) is 2. The molecule has 0 aromatic heterocycles. The number of hydrogen-bond acceptors (Lipinski definition) is 3. The second-order valence-electron chi connectivity index (χ2n) is 3.86. The zero-order chi connectivity index (χ0) is 13.6. The zero-order valence-electron chi connectivity index (χ0n) is 10.6.